The van der Waals surface area contributed by atoms with E-state index >= 15 is 0 Å². The summed E-state index contributed by atoms with van der Waals surface area (Å²) in [6.07, 6.45) is 4.15. The maximum Gasteiger partial charge on any atom is 0.0402 e. The molecule has 0 unspecified atom stereocenters. The van der Waals surface area contributed by atoms with Gasteiger partial charge in [0.05, 0.1) is 0 Å². The molecule has 0 amide bonds. The Labute approximate surface area is 65.5 Å². The minimum absolute atomic E-state index is 0.250. The lowest BCUT2D eigenvalue weighted by Gasteiger charge is -1.98. The highest BCUT2D eigenvalue weighted by molar-refractivity contribution is 4.42. The Morgan fingerprint density at radius 2 is 1.60 bits per heavy atom. The molecule has 0 aromatic rings. The molecule has 0 heterocycles. The molecular formula is C9H22O. The highest BCUT2D eigenvalue weighted by atomic mass is 16.2. The van der Waals surface area contributed by atoms with Crippen LogP contribution in [0.5, 0.6) is 0 Å². The van der Waals surface area contributed by atoms with Crippen molar-refractivity contribution in [3.63, 3.8) is 0 Å². The average molecular weight is 146 g/mol. The minimum atomic E-state index is 0.250. The minimum Gasteiger partial charge on any atom is -0.397 e. The summed E-state index contributed by atoms with van der Waals surface area (Å²) < 4.78 is 0. The molecule has 10 heavy (non-hydrogen) atoms. The largest absolute Gasteiger partial charge is 0.397 e. The summed E-state index contributed by atoms with van der Waals surface area (Å²) in [6.45, 7) is 8.72. The molecule has 0 spiro atoms. The van der Waals surface area contributed by atoms with Crippen molar-refractivity contribution in [2.75, 3.05) is 6.61 Å². The monoisotopic (exact) mass is 146 g/mol. The summed E-state index contributed by atoms with van der Waals surface area (Å²) in [7, 11) is 0. The lowest BCUT2D eigenvalue weighted by atomic mass is 10.1. The van der Waals surface area contributed by atoms with Crippen LogP contribution in [-0.2, 0) is 0 Å². The molecule has 0 aliphatic rings. The van der Waals surface area contributed by atoms with Crippen LogP contribution in [0.2, 0.25) is 0 Å². The Hall–Kier alpha value is -0.0400. The van der Waals surface area contributed by atoms with Gasteiger partial charge in [0.25, 0.3) is 0 Å². The number of hydrogen-bond acceptors (Lipinski definition) is 1. The molecule has 0 aliphatic carbocycles. The predicted octanol–water partition coefficient (Wildman–Crippen LogP) is 2.83. The van der Waals surface area contributed by atoms with Crippen LogP contribution >= 0.6 is 0 Å². The molecule has 0 saturated carbocycles. The third-order valence-corrected chi connectivity index (χ3v) is 1.14. The van der Waals surface area contributed by atoms with E-state index in [9.17, 15) is 0 Å². The van der Waals surface area contributed by atoms with Crippen LogP contribution in [0.4, 0.5) is 0 Å². The van der Waals surface area contributed by atoms with E-state index in [0.29, 0.717) is 0 Å². The molecule has 0 rings (SSSR count). The first kappa shape index (κ1) is 12.6. The average Bonchev–Trinajstić information content (AvgIpc) is 1.85. The first-order valence-electron chi connectivity index (χ1n) is 4.29. The number of aliphatic hydroxyl groups excluding tert-OH is 1. The highest BCUT2D eigenvalue weighted by Crippen LogP contribution is 2.04. The van der Waals surface area contributed by atoms with Crippen LogP contribution in [0.1, 0.15) is 47.0 Å². The van der Waals surface area contributed by atoms with E-state index in [1.54, 1.807) is 6.92 Å². The van der Waals surface area contributed by atoms with Gasteiger partial charge < -0.3 is 5.11 Å². The van der Waals surface area contributed by atoms with Gasteiger partial charge in [-0.3, -0.25) is 0 Å². The van der Waals surface area contributed by atoms with Crippen molar-refractivity contribution in [1.29, 1.82) is 0 Å². The van der Waals surface area contributed by atoms with Gasteiger partial charge in [-0.2, -0.15) is 0 Å². The lowest BCUT2D eigenvalue weighted by molar-refractivity contribution is 0.318. The molecular weight excluding hydrogens is 124 g/mol. The maximum absolute atomic E-state index is 7.57. The number of unbranched alkanes of at least 4 members (excludes halogenated alkanes) is 1. The zero-order valence-corrected chi connectivity index (χ0v) is 7.85. The molecule has 0 saturated heterocycles. The number of hydrogen-bond donors (Lipinski definition) is 1. The molecule has 64 valence electrons. The summed E-state index contributed by atoms with van der Waals surface area (Å²) in [4.78, 5) is 0. The van der Waals surface area contributed by atoms with Crippen LogP contribution in [0.25, 0.3) is 0 Å². The molecule has 0 aromatic carbocycles. The van der Waals surface area contributed by atoms with E-state index in [-0.39, 0.29) is 6.61 Å². The van der Waals surface area contributed by atoms with Crippen molar-refractivity contribution in [2.24, 2.45) is 5.92 Å². The SMILES string of the molecule is CCCCC(C)C.CCO. The Morgan fingerprint density at radius 3 is 1.70 bits per heavy atom. The first-order chi connectivity index (χ1) is 4.68. The standard InChI is InChI=1S/C7H16.C2H6O/c1-4-5-6-7(2)3;1-2-3/h7H,4-6H2,1-3H3;3H,2H2,1H3. The molecule has 1 N–H and O–H groups in total. The van der Waals surface area contributed by atoms with Crippen LogP contribution in [0.15, 0.2) is 0 Å². The van der Waals surface area contributed by atoms with Crippen molar-refractivity contribution in [2.45, 2.75) is 47.0 Å². The van der Waals surface area contributed by atoms with Crippen LogP contribution in [-0.4, -0.2) is 11.7 Å². The molecule has 0 aliphatic heterocycles. The van der Waals surface area contributed by atoms with E-state index in [2.05, 4.69) is 20.8 Å². The van der Waals surface area contributed by atoms with Gasteiger partial charge in [0.2, 0.25) is 0 Å². The predicted molar refractivity (Wildman–Crippen MR) is 47.1 cm³/mol. The second kappa shape index (κ2) is 11.7. The summed E-state index contributed by atoms with van der Waals surface area (Å²) >= 11 is 0. The van der Waals surface area contributed by atoms with Crippen LogP contribution in [0.3, 0.4) is 0 Å². The van der Waals surface area contributed by atoms with Gasteiger partial charge in [0.15, 0.2) is 0 Å². The fourth-order valence-corrected chi connectivity index (χ4v) is 0.612. The van der Waals surface area contributed by atoms with Crippen LogP contribution < -0.4 is 0 Å². The highest BCUT2D eigenvalue weighted by Gasteiger charge is 1.88. The molecule has 1 heteroatoms. The van der Waals surface area contributed by atoms with E-state index in [1.165, 1.54) is 19.3 Å². The van der Waals surface area contributed by atoms with E-state index < -0.39 is 0 Å². The summed E-state index contributed by atoms with van der Waals surface area (Å²) in [5.41, 5.74) is 0. The van der Waals surface area contributed by atoms with Gasteiger partial charge in [-0.15, -0.1) is 0 Å². The molecule has 0 atom stereocenters. The van der Waals surface area contributed by atoms with Gasteiger partial charge in [0.1, 0.15) is 0 Å². The lowest BCUT2D eigenvalue weighted by Crippen LogP contribution is -1.83. The molecule has 0 radical (unpaired) electrons. The van der Waals surface area contributed by atoms with Gasteiger partial charge in [-0.25, -0.2) is 0 Å². The van der Waals surface area contributed by atoms with E-state index in [1.807, 2.05) is 0 Å². The van der Waals surface area contributed by atoms with Crippen molar-refractivity contribution in [1.82, 2.24) is 0 Å². The summed E-state index contributed by atoms with van der Waals surface area (Å²) in [5, 5.41) is 7.57. The van der Waals surface area contributed by atoms with Gasteiger partial charge >= 0.3 is 0 Å². The molecule has 0 aromatic heterocycles. The third kappa shape index (κ3) is 24.6. The topological polar surface area (TPSA) is 20.2 Å². The fourth-order valence-electron chi connectivity index (χ4n) is 0.612. The Bertz CT molecular complexity index is 42.0. The quantitative estimate of drug-likeness (QED) is 0.649. The summed E-state index contributed by atoms with van der Waals surface area (Å²) in [5.74, 6) is 0.903. The summed E-state index contributed by atoms with van der Waals surface area (Å²) in [6, 6.07) is 0. The van der Waals surface area contributed by atoms with Crippen molar-refractivity contribution in [3.05, 3.63) is 0 Å². The number of rotatable bonds is 3. The van der Waals surface area contributed by atoms with E-state index in [0.717, 1.165) is 5.92 Å². The second-order valence-corrected chi connectivity index (χ2v) is 2.85. The Balaban J connectivity index is 0. The molecule has 1 nitrogen and oxygen atoms in total. The normalized spacial score (nSPS) is 9.00. The van der Waals surface area contributed by atoms with Crippen LogP contribution in [0, 0.1) is 5.92 Å². The van der Waals surface area contributed by atoms with E-state index in [4.69, 9.17) is 5.11 Å². The second-order valence-electron chi connectivity index (χ2n) is 2.85. The maximum atomic E-state index is 7.57. The fraction of sp³-hybridized carbons (Fsp3) is 1.00. The number of aliphatic hydroxyl groups is 1. The Morgan fingerprint density at radius 1 is 1.20 bits per heavy atom. The molecule has 0 bridgehead atoms. The van der Waals surface area contributed by atoms with Crippen molar-refractivity contribution >= 4 is 0 Å². The zero-order chi connectivity index (χ0) is 8.41. The third-order valence-electron chi connectivity index (χ3n) is 1.14. The zero-order valence-electron chi connectivity index (χ0n) is 7.85. The molecule has 0 fully saturated rings. The Kier molecular flexibility index (Phi) is 14.8. The van der Waals surface area contributed by atoms with Gasteiger partial charge in [0, 0.05) is 6.61 Å². The van der Waals surface area contributed by atoms with Gasteiger partial charge in [-0.1, -0.05) is 40.0 Å². The van der Waals surface area contributed by atoms with Gasteiger partial charge in [-0.05, 0) is 12.8 Å². The smallest absolute Gasteiger partial charge is 0.0402 e. The first-order valence-corrected chi connectivity index (χ1v) is 4.29. The van der Waals surface area contributed by atoms with Crippen molar-refractivity contribution < 1.29 is 5.11 Å². The van der Waals surface area contributed by atoms with Crippen molar-refractivity contribution in [3.8, 4) is 0 Å².